The van der Waals surface area contributed by atoms with E-state index in [1.807, 2.05) is 60.7 Å². The third-order valence-corrected chi connectivity index (χ3v) is 4.93. The van der Waals surface area contributed by atoms with E-state index in [0.29, 0.717) is 16.9 Å². The van der Waals surface area contributed by atoms with Crippen LogP contribution in [0.25, 0.3) is 27.3 Å². The van der Waals surface area contributed by atoms with Crippen LogP contribution in [0.5, 0.6) is 5.75 Å². The summed E-state index contributed by atoms with van der Waals surface area (Å²) in [7, 11) is 0. The van der Waals surface area contributed by atoms with Crippen molar-refractivity contribution in [2.45, 2.75) is 5.54 Å². The molecule has 0 bridgehead atoms. The first kappa shape index (κ1) is 17.6. The van der Waals surface area contributed by atoms with Gasteiger partial charge in [-0.05, 0) is 39.6 Å². The zero-order chi connectivity index (χ0) is 19.6. The molecule has 0 saturated heterocycles. The number of benzene rings is 3. The summed E-state index contributed by atoms with van der Waals surface area (Å²) in [5, 5.41) is 5.83. The second kappa shape index (κ2) is 7.06. The topological polar surface area (TPSA) is 75.1 Å². The number of carbonyl (C=O) groups excluding carboxylic acids is 1. The highest BCUT2D eigenvalue weighted by atomic mass is 16.5. The predicted molar refractivity (Wildman–Crippen MR) is 110 cm³/mol. The Kier molecular flexibility index (Phi) is 4.44. The molecule has 0 radical (unpaired) electrons. The average Bonchev–Trinajstić information content (AvgIpc) is 2.74. The number of azide groups is 1. The molecule has 28 heavy (non-hydrogen) atoms. The molecule has 0 amide bonds. The van der Waals surface area contributed by atoms with Crippen LogP contribution in [0.3, 0.4) is 0 Å². The first-order chi connectivity index (χ1) is 13.7. The molecule has 0 spiro atoms. The van der Waals surface area contributed by atoms with Crippen molar-refractivity contribution in [2.24, 2.45) is 5.11 Å². The molecule has 1 aliphatic rings. The Hall–Kier alpha value is -3.82. The summed E-state index contributed by atoms with van der Waals surface area (Å²) in [5.74, 6) is 0.188. The lowest BCUT2D eigenvalue weighted by Crippen LogP contribution is -2.37. The molecule has 136 valence electrons. The maximum Gasteiger partial charge on any atom is 0.176 e. The van der Waals surface area contributed by atoms with E-state index in [0.717, 1.165) is 16.3 Å². The van der Waals surface area contributed by atoms with Gasteiger partial charge in [0.05, 0.1) is 0 Å². The van der Waals surface area contributed by atoms with E-state index in [1.165, 1.54) is 6.08 Å². The van der Waals surface area contributed by atoms with Gasteiger partial charge in [0.2, 0.25) is 0 Å². The lowest BCUT2D eigenvalue weighted by atomic mass is 9.73. The fraction of sp³-hybridized carbons (Fsp3) is 0.0870. The van der Waals surface area contributed by atoms with Gasteiger partial charge in [0.25, 0.3) is 0 Å². The van der Waals surface area contributed by atoms with E-state index in [9.17, 15) is 10.3 Å². The van der Waals surface area contributed by atoms with Crippen molar-refractivity contribution in [3.05, 3.63) is 107 Å². The van der Waals surface area contributed by atoms with E-state index in [2.05, 4.69) is 16.6 Å². The number of ether oxygens (including phenoxy) is 1. The number of fused-ring (bicyclic) bond motifs is 2. The van der Waals surface area contributed by atoms with Crippen LogP contribution in [0.1, 0.15) is 16.7 Å². The first-order valence-corrected chi connectivity index (χ1v) is 8.86. The summed E-state index contributed by atoms with van der Waals surface area (Å²) >= 11 is 0. The molecule has 1 atom stereocenters. The second-order valence-corrected chi connectivity index (χ2v) is 6.44. The standard InChI is InChI=1S/C23H17N3O2/c1-2-15-28-20-13-11-16-7-3-5-9-18(16)22(20)23(25-26-24)19-10-6-4-8-17(19)12-14-21(23)27/h2-14H,1,15H2. The third kappa shape index (κ3) is 2.57. The molecule has 4 rings (SSSR count). The van der Waals surface area contributed by atoms with Crippen molar-refractivity contribution in [1.29, 1.82) is 0 Å². The molecule has 5 heteroatoms. The molecule has 0 fully saturated rings. The number of hydrogen-bond acceptors (Lipinski definition) is 3. The molecule has 0 N–H and O–H groups in total. The maximum absolute atomic E-state index is 13.3. The molecule has 0 heterocycles. The van der Waals surface area contributed by atoms with Crippen molar-refractivity contribution in [1.82, 2.24) is 0 Å². The monoisotopic (exact) mass is 367 g/mol. The SMILES string of the molecule is C=CCOc1ccc2ccccc2c1C1(N=[N+]=[N-])C(=O)C=Cc2ccccc21. The van der Waals surface area contributed by atoms with E-state index >= 15 is 0 Å². The minimum absolute atomic E-state index is 0.267. The average molecular weight is 367 g/mol. The van der Waals surface area contributed by atoms with Gasteiger partial charge in [-0.1, -0.05) is 78.4 Å². The van der Waals surface area contributed by atoms with Gasteiger partial charge >= 0.3 is 0 Å². The van der Waals surface area contributed by atoms with Crippen LogP contribution in [0.15, 0.2) is 84.5 Å². The van der Waals surface area contributed by atoms with Gasteiger partial charge in [0, 0.05) is 10.5 Å². The molecule has 0 saturated carbocycles. The third-order valence-electron chi connectivity index (χ3n) is 4.93. The second-order valence-electron chi connectivity index (χ2n) is 6.44. The summed E-state index contributed by atoms with van der Waals surface area (Å²) < 4.78 is 5.90. The van der Waals surface area contributed by atoms with Gasteiger partial charge in [-0.3, -0.25) is 4.79 Å². The minimum Gasteiger partial charge on any atom is -0.489 e. The van der Waals surface area contributed by atoms with Crippen LogP contribution in [-0.2, 0) is 10.3 Å². The van der Waals surface area contributed by atoms with Crippen LogP contribution in [-0.4, -0.2) is 12.4 Å². The van der Waals surface area contributed by atoms with E-state index in [-0.39, 0.29) is 12.4 Å². The van der Waals surface area contributed by atoms with Crippen molar-refractivity contribution in [3.63, 3.8) is 0 Å². The lowest BCUT2D eigenvalue weighted by Gasteiger charge is -2.33. The van der Waals surface area contributed by atoms with Crippen LogP contribution < -0.4 is 4.74 Å². The van der Waals surface area contributed by atoms with E-state index < -0.39 is 5.54 Å². The summed E-state index contributed by atoms with van der Waals surface area (Å²) in [6.45, 7) is 3.97. The fourth-order valence-corrected chi connectivity index (χ4v) is 3.76. The van der Waals surface area contributed by atoms with Crippen LogP contribution in [0, 0.1) is 0 Å². The number of hydrogen-bond donors (Lipinski definition) is 0. The summed E-state index contributed by atoms with van der Waals surface area (Å²) in [4.78, 5) is 16.4. The Morgan fingerprint density at radius 1 is 1.07 bits per heavy atom. The predicted octanol–water partition coefficient (Wildman–Crippen LogP) is 5.55. The molecule has 0 aliphatic heterocycles. The molecule has 1 unspecified atom stereocenters. The summed E-state index contributed by atoms with van der Waals surface area (Å²) in [5.41, 5.74) is 9.93. The Labute approximate surface area is 162 Å². The van der Waals surface area contributed by atoms with Gasteiger partial charge in [-0.15, -0.1) is 0 Å². The number of carbonyl (C=O) groups is 1. The highest BCUT2D eigenvalue weighted by Gasteiger charge is 2.46. The van der Waals surface area contributed by atoms with Crippen molar-refractivity contribution in [2.75, 3.05) is 6.61 Å². The number of nitrogens with zero attached hydrogens (tertiary/aromatic N) is 3. The Morgan fingerprint density at radius 2 is 1.86 bits per heavy atom. The number of ketones is 1. The van der Waals surface area contributed by atoms with E-state index in [1.54, 1.807) is 12.2 Å². The Balaban J connectivity index is 2.16. The fourth-order valence-electron chi connectivity index (χ4n) is 3.76. The van der Waals surface area contributed by atoms with Crippen molar-refractivity contribution in [3.8, 4) is 5.75 Å². The van der Waals surface area contributed by atoms with Crippen LogP contribution in [0.2, 0.25) is 0 Å². The molecule has 5 nitrogen and oxygen atoms in total. The van der Waals surface area contributed by atoms with Crippen molar-refractivity contribution >= 4 is 22.6 Å². The summed E-state index contributed by atoms with van der Waals surface area (Å²) in [6, 6.07) is 18.9. The molecule has 0 aromatic heterocycles. The molecule has 3 aromatic carbocycles. The molecular formula is C23H17N3O2. The lowest BCUT2D eigenvalue weighted by molar-refractivity contribution is -0.118. The van der Waals surface area contributed by atoms with Crippen LogP contribution >= 0.6 is 0 Å². The Bertz CT molecular complexity index is 1180. The molecule has 3 aromatic rings. The minimum atomic E-state index is -1.54. The van der Waals surface area contributed by atoms with E-state index in [4.69, 9.17) is 4.74 Å². The Morgan fingerprint density at radius 3 is 2.68 bits per heavy atom. The zero-order valence-corrected chi connectivity index (χ0v) is 15.1. The van der Waals surface area contributed by atoms with Crippen LogP contribution in [0.4, 0.5) is 0 Å². The maximum atomic E-state index is 13.3. The highest BCUT2D eigenvalue weighted by molar-refractivity contribution is 6.10. The zero-order valence-electron chi connectivity index (χ0n) is 15.1. The van der Waals surface area contributed by atoms with Gasteiger partial charge in [0.1, 0.15) is 12.4 Å². The molecular weight excluding hydrogens is 350 g/mol. The van der Waals surface area contributed by atoms with Crippen molar-refractivity contribution < 1.29 is 9.53 Å². The van der Waals surface area contributed by atoms with Gasteiger partial charge in [-0.2, -0.15) is 0 Å². The summed E-state index contributed by atoms with van der Waals surface area (Å²) in [6.07, 6.45) is 4.85. The number of rotatable bonds is 5. The van der Waals surface area contributed by atoms with Gasteiger partial charge in [-0.25, -0.2) is 0 Å². The van der Waals surface area contributed by atoms with Gasteiger partial charge < -0.3 is 4.74 Å². The largest absolute Gasteiger partial charge is 0.489 e. The first-order valence-electron chi connectivity index (χ1n) is 8.86. The molecule has 1 aliphatic carbocycles. The highest BCUT2D eigenvalue weighted by Crippen LogP contribution is 2.47. The quantitative estimate of drug-likeness (QED) is 0.256. The normalized spacial score (nSPS) is 17.6. The smallest absolute Gasteiger partial charge is 0.176 e. The van der Waals surface area contributed by atoms with Gasteiger partial charge in [0.15, 0.2) is 11.3 Å².